The topological polar surface area (TPSA) is 246 Å². The minimum Gasteiger partial charge on any atom is -0.497 e. The van der Waals surface area contributed by atoms with E-state index in [1.165, 1.54) is 42.2 Å². The fraction of sp³-hybridized carbons (Fsp3) is 0.396. The average Bonchev–Trinajstić information content (AvgIpc) is 4.04. The van der Waals surface area contributed by atoms with Gasteiger partial charge >= 0.3 is 18.0 Å². The van der Waals surface area contributed by atoms with Gasteiger partial charge in [0.2, 0.25) is 11.5 Å². The molecular formula is C48H55N8O11S2+. The standard InChI is InChI=1S/C48H54N8O11S2/c1-46(2,3)65-43(60)48(7,8)67-53-37(34-26-69-44(50)51-34)36(57)19-33-40(58)56-38(42(59)64-23-27-10-12-31(62-9)13-11-27)30(25-68-41(33)56)21-54-16-15-35-28(20-54)14-17-55(35)22-32-18-29(24-63-32)39(49)52-45(61)66-47(4,5)6/h10-18,20,24,26,33,41H,19,21-23,25H2,1-9H3,(H3-,49,50,51,52,61)/p+1/b53-37-/t33-,41-/m1/s1. The number of hydrogen-bond donors (Lipinski definition) is 2. The molecule has 2 aliphatic rings. The second-order valence-corrected chi connectivity index (χ2v) is 20.8. The summed E-state index contributed by atoms with van der Waals surface area (Å²) in [4.78, 5) is 82.8. The molecular weight excluding hydrogens is 929 g/mol. The van der Waals surface area contributed by atoms with Crippen molar-refractivity contribution in [2.24, 2.45) is 21.8 Å². The van der Waals surface area contributed by atoms with Crippen molar-refractivity contribution in [2.75, 3.05) is 18.6 Å². The van der Waals surface area contributed by atoms with E-state index in [-0.39, 0.29) is 47.6 Å². The number of anilines is 1. The van der Waals surface area contributed by atoms with Crippen LogP contribution in [-0.2, 0) is 57.9 Å². The average molecular weight is 984 g/mol. The normalized spacial score (nSPS) is 16.8. The van der Waals surface area contributed by atoms with Crippen molar-refractivity contribution in [1.29, 1.82) is 0 Å². The van der Waals surface area contributed by atoms with Crippen molar-refractivity contribution in [3.8, 4) is 5.75 Å². The number of benzene rings is 1. The summed E-state index contributed by atoms with van der Waals surface area (Å²) in [7, 11) is 1.56. The molecule has 1 saturated heterocycles. The molecule has 364 valence electrons. The summed E-state index contributed by atoms with van der Waals surface area (Å²) in [6.07, 6.45) is 6.05. The highest BCUT2D eigenvalue weighted by Crippen LogP contribution is 2.46. The maximum atomic E-state index is 14.2. The van der Waals surface area contributed by atoms with Crippen molar-refractivity contribution in [2.45, 2.75) is 104 Å². The molecule has 4 N–H and O–H groups in total. The van der Waals surface area contributed by atoms with E-state index in [1.54, 1.807) is 79.0 Å². The number of amides is 2. The number of amidine groups is 1. The van der Waals surface area contributed by atoms with E-state index in [2.05, 4.69) is 15.1 Å². The first-order valence-electron chi connectivity index (χ1n) is 21.8. The predicted molar refractivity (Wildman–Crippen MR) is 257 cm³/mol. The van der Waals surface area contributed by atoms with Crippen LogP contribution >= 0.6 is 23.1 Å². The van der Waals surface area contributed by atoms with Gasteiger partial charge in [-0.15, -0.1) is 23.1 Å². The minimum absolute atomic E-state index is 0.0311. The molecule has 1 aromatic carbocycles. The highest BCUT2D eigenvalue weighted by Gasteiger charge is 2.55. The van der Waals surface area contributed by atoms with Crippen LogP contribution in [0.1, 0.15) is 84.4 Å². The van der Waals surface area contributed by atoms with Crippen LogP contribution in [0.15, 0.2) is 98.5 Å². The Kier molecular flexibility index (Phi) is 14.4. The largest absolute Gasteiger partial charge is 0.497 e. The summed E-state index contributed by atoms with van der Waals surface area (Å²) in [6.45, 7) is 13.8. The number of furan rings is 1. The Bertz CT molecular complexity index is 2880. The van der Waals surface area contributed by atoms with Gasteiger partial charge in [-0.25, -0.2) is 23.9 Å². The van der Waals surface area contributed by atoms with Gasteiger partial charge in [0, 0.05) is 35.4 Å². The molecule has 2 atom stereocenters. The number of oxime groups is 1. The van der Waals surface area contributed by atoms with Crippen LogP contribution in [0.4, 0.5) is 9.93 Å². The van der Waals surface area contributed by atoms with Gasteiger partial charge in [0.15, 0.2) is 35.6 Å². The number of pyridine rings is 1. The zero-order valence-electron chi connectivity index (χ0n) is 39.8. The quantitative estimate of drug-likeness (QED) is 0.0210. The highest BCUT2D eigenvalue weighted by atomic mass is 32.2. The number of methoxy groups -OCH3 is 1. The lowest BCUT2D eigenvalue weighted by Gasteiger charge is -2.49. The van der Waals surface area contributed by atoms with Gasteiger partial charge < -0.3 is 44.2 Å². The fourth-order valence-electron chi connectivity index (χ4n) is 7.26. The smallest absolute Gasteiger partial charge is 0.436 e. The molecule has 4 aromatic heterocycles. The van der Waals surface area contributed by atoms with E-state index < -0.39 is 57.8 Å². The van der Waals surface area contributed by atoms with E-state index in [0.717, 1.165) is 22.2 Å². The van der Waals surface area contributed by atoms with Crippen LogP contribution in [0, 0.1) is 5.92 Å². The number of thioether (sulfide) groups is 1. The van der Waals surface area contributed by atoms with Crippen molar-refractivity contribution >= 4 is 80.4 Å². The lowest BCUT2D eigenvalue weighted by Crippen LogP contribution is -2.62. The van der Waals surface area contributed by atoms with Crippen molar-refractivity contribution < 1.29 is 56.7 Å². The minimum atomic E-state index is -1.58. The van der Waals surface area contributed by atoms with Gasteiger partial charge in [-0.3, -0.25) is 14.5 Å². The zero-order chi connectivity index (χ0) is 50.0. The molecule has 0 aliphatic carbocycles. The third-order valence-corrected chi connectivity index (χ3v) is 12.7. The Morgan fingerprint density at radius 2 is 1.72 bits per heavy atom. The maximum absolute atomic E-state index is 14.2. The maximum Gasteiger partial charge on any atom is 0.436 e. The summed E-state index contributed by atoms with van der Waals surface area (Å²) in [6, 6.07) is 12.7. The number of ketones is 1. The van der Waals surface area contributed by atoms with Crippen molar-refractivity contribution in [3.63, 3.8) is 0 Å². The van der Waals surface area contributed by atoms with Gasteiger partial charge in [0.05, 0.1) is 41.4 Å². The summed E-state index contributed by atoms with van der Waals surface area (Å²) < 4.78 is 31.5. The summed E-state index contributed by atoms with van der Waals surface area (Å²) >= 11 is 2.51. The first kappa shape index (κ1) is 49.9. The molecule has 2 amide bonds. The molecule has 6 heterocycles. The molecule has 7 rings (SSSR count). The Labute approximate surface area is 406 Å². The number of hydrogen-bond acceptors (Lipinski definition) is 16. The Morgan fingerprint density at radius 3 is 2.39 bits per heavy atom. The number of thiazole rings is 1. The van der Waals surface area contributed by atoms with E-state index in [9.17, 15) is 24.0 Å². The summed E-state index contributed by atoms with van der Waals surface area (Å²) in [5, 5.41) is 6.12. The molecule has 69 heavy (non-hydrogen) atoms. The number of carbonyl (C=O) groups excluding carboxylic acids is 5. The van der Waals surface area contributed by atoms with E-state index in [4.69, 9.17) is 39.7 Å². The number of aliphatic imine (C=N–C) groups is 1. The van der Waals surface area contributed by atoms with Crippen molar-refractivity contribution in [3.05, 3.63) is 107 Å². The van der Waals surface area contributed by atoms with E-state index >= 15 is 0 Å². The van der Waals surface area contributed by atoms with Crippen LogP contribution in [0.3, 0.4) is 0 Å². The number of nitrogens with two attached hydrogens (primary N) is 2. The predicted octanol–water partition coefficient (Wildman–Crippen LogP) is 6.29. The SMILES string of the molecule is COc1ccc(COC(=O)C2=C(C[n+]3ccc4c(ccn4Cc4cc(C(N)=NC(=O)OC(C)(C)C)co4)c3)CS[C@@H]3[C@H](CC(=O)/C(=N\OC(C)(C)C(=O)OC(C)(C)C)c4csc(N)n4)C(=O)N23)cc1. The molecule has 19 nitrogen and oxygen atoms in total. The molecule has 1 fully saturated rings. The number of nitrogens with zero attached hydrogens (tertiary/aromatic N) is 6. The number of aromatic nitrogens is 3. The lowest BCUT2D eigenvalue weighted by atomic mass is 9.89. The molecule has 21 heteroatoms. The molecule has 0 spiro atoms. The zero-order valence-corrected chi connectivity index (χ0v) is 41.4. The summed E-state index contributed by atoms with van der Waals surface area (Å²) in [5.74, 6) is -1.72. The Hall–Kier alpha value is -7.00. The van der Waals surface area contributed by atoms with Crippen LogP contribution < -0.4 is 20.8 Å². The number of β-lactam (4-membered cyclic amide) rings is 1. The number of rotatable bonds is 16. The number of Topliss-reactive ketones (excluding diaryl/α,β-unsaturated/α-hetero) is 1. The monoisotopic (exact) mass is 983 g/mol. The summed E-state index contributed by atoms with van der Waals surface area (Å²) in [5.41, 5.74) is 11.6. The van der Waals surface area contributed by atoms with Crippen LogP contribution in [0.5, 0.6) is 5.75 Å². The number of carbonyl (C=O) groups is 5. The van der Waals surface area contributed by atoms with Gasteiger partial charge in [-0.1, -0.05) is 17.3 Å². The second kappa shape index (κ2) is 19.9. The van der Waals surface area contributed by atoms with E-state index in [0.29, 0.717) is 40.5 Å². The molecule has 0 unspecified atom stereocenters. The van der Waals surface area contributed by atoms with Crippen LogP contribution in [0.25, 0.3) is 10.9 Å². The second-order valence-electron chi connectivity index (χ2n) is 18.8. The Morgan fingerprint density at radius 1 is 1.00 bits per heavy atom. The van der Waals surface area contributed by atoms with Gasteiger partial charge in [-0.2, -0.15) is 4.99 Å². The van der Waals surface area contributed by atoms with Crippen LogP contribution in [0.2, 0.25) is 0 Å². The molecule has 5 aromatic rings. The first-order chi connectivity index (χ1) is 32.5. The fourth-order valence-corrected chi connectivity index (χ4v) is 9.21. The Balaban J connectivity index is 1.11. The van der Waals surface area contributed by atoms with Gasteiger partial charge in [-0.05, 0) is 85.2 Å². The number of fused-ring (bicyclic) bond motifs is 2. The number of ether oxygens (including phenoxy) is 4. The number of nitrogen functional groups attached to an aromatic ring is 1. The van der Waals surface area contributed by atoms with E-state index in [1.807, 2.05) is 39.9 Å². The third kappa shape index (κ3) is 12.0. The molecule has 0 saturated carbocycles. The van der Waals surface area contributed by atoms with Gasteiger partial charge in [0.1, 0.15) is 52.8 Å². The molecule has 0 radical (unpaired) electrons. The first-order valence-corrected chi connectivity index (χ1v) is 23.7. The number of esters is 2. The third-order valence-electron chi connectivity index (χ3n) is 10.6. The lowest BCUT2D eigenvalue weighted by molar-refractivity contribution is -0.687. The van der Waals surface area contributed by atoms with Crippen molar-refractivity contribution in [1.82, 2.24) is 14.5 Å². The molecule has 2 aliphatic heterocycles. The molecule has 0 bridgehead atoms. The van der Waals surface area contributed by atoms with Crippen LogP contribution in [-0.4, -0.2) is 90.8 Å². The van der Waals surface area contributed by atoms with Gasteiger partial charge in [0.25, 0.3) is 0 Å². The highest BCUT2D eigenvalue weighted by molar-refractivity contribution is 8.00.